The normalized spacial score (nSPS) is 18.1. The van der Waals surface area contributed by atoms with Crippen molar-refractivity contribution in [2.75, 3.05) is 13.3 Å². The monoisotopic (exact) mass is 176 g/mol. The first-order chi connectivity index (χ1) is 4.73. The molecule has 0 radical (unpaired) electrons. The molecule has 70 valence electrons. The van der Waals surface area contributed by atoms with Gasteiger partial charge in [-0.1, -0.05) is 0 Å². The second-order valence-corrected chi connectivity index (χ2v) is 11.2. The van der Waals surface area contributed by atoms with Gasteiger partial charge < -0.3 is 0 Å². The van der Waals surface area contributed by atoms with E-state index in [0.29, 0.717) is 5.16 Å². The summed E-state index contributed by atoms with van der Waals surface area (Å²) in [5.74, 6) is 0. The van der Waals surface area contributed by atoms with E-state index >= 15 is 0 Å². The summed E-state index contributed by atoms with van der Waals surface area (Å²) in [6.45, 7) is 16.9. The molecule has 0 nitrogen and oxygen atoms in total. The van der Waals surface area contributed by atoms with Gasteiger partial charge in [0.1, 0.15) is 0 Å². The van der Waals surface area contributed by atoms with E-state index < -0.39 is 7.26 Å². The molecule has 1 heteroatoms. The van der Waals surface area contributed by atoms with Crippen LogP contribution in [-0.4, -0.2) is 24.1 Å². The molecule has 1 atom stereocenters. The van der Waals surface area contributed by atoms with Crippen molar-refractivity contribution in [3.8, 4) is 0 Å². The molecule has 0 fully saturated rings. The molecule has 0 aromatic heterocycles. The van der Waals surface area contributed by atoms with Crippen LogP contribution < -0.4 is 0 Å². The van der Waals surface area contributed by atoms with E-state index in [-0.39, 0.29) is 0 Å². The Morgan fingerprint density at radius 1 is 1.18 bits per heavy atom. The van der Waals surface area contributed by atoms with Crippen LogP contribution in [-0.2, 0) is 0 Å². The van der Waals surface area contributed by atoms with Gasteiger partial charge in [0, 0.05) is 0 Å². The molecule has 0 amide bonds. The van der Waals surface area contributed by atoms with Crippen LogP contribution in [0.25, 0.3) is 0 Å². The van der Waals surface area contributed by atoms with Gasteiger partial charge in [0.2, 0.25) is 0 Å². The van der Waals surface area contributed by atoms with Crippen molar-refractivity contribution in [1.82, 2.24) is 0 Å². The average molecular weight is 176 g/mol. The minimum atomic E-state index is -1.01. The van der Waals surface area contributed by atoms with Crippen molar-refractivity contribution in [3.63, 3.8) is 0 Å². The van der Waals surface area contributed by atoms with Gasteiger partial charge in [-0.15, -0.1) is 0 Å². The van der Waals surface area contributed by atoms with Crippen molar-refractivity contribution in [2.45, 2.75) is 51.9 Å². The fourth-order valence-electron chi connectivity index (χ4n) is 1.25. The molecule has 1 unspecified atom stereocenters. The van der Waals surface area contributed by atoms with Gasteiger partial charge in [0.15, 0.2) is 0 Å². The zero-order chi connectivity index (χ0) is 9.28. The third kappa shape index (κ3) is 2.44. The van der Waals surface area contributed by atoms with E-state index in [1.54, 1.807) is 0 Å². The molecule has 11 heavy (non-hydrogen) atoms. The number of hydrogen-bond acceptors (Lipinski definition) is 0. The fourth-order valence-corrected chi connectivity index (χ4v) is 3.75. The van der Waals surface area contributed by atoms with Crippen LogP contribution >= 0.6 is 7.26 Å². The quantitative estimate of drug-likeness (QED) is 0.564. The number of rotatable bonds is 2. The van der Waals surface area contributed by atoms with Crippen LogP contribution in [0, 0.1) is 0 Å². The molecule has 0 aliphatic rings. The molecule has 0 saturated carbocycles. The standard InChI is InChI=1S/C10H25P/c1-8-9(2)11(6,7)10(3,4)5/h9,11H,8H2,1-7H3. The van der Waals surface area contributed by atoms with Crippen molar-refractivity contribution in [2.24, 2.45) is 0 Å². The first-order valence-corrected chi connectivity index (χ1v) is 7.81. The molecular weight excluding hydrogens is 151 g/mol. The van der Waals surface area contributed by atoms with E-state index in [1.807, 2.05) is 0 Å². The predicted octanol–water partition coefficient (Wildman–Crippen LogP) is 3.59. The molecule has 0 aromatic carbocycles. The second kappa shape index (κ2) is 3.44. The summed E-state index contributed by atoms with van der Waals surface area (Å²) >= 11 is 0. The first-order valence-electron chi connectivity index (χ1n) is 4.73. The van der Waals surface area contributed by atoms with E-state index in [2.05, 4.69) is 47.9 Å². The molecule has 0 aromatic rings. The van der Waals surface area contributed by atoms with Gasteiger partial charge >= 0.3 is 72.4 Å². The predicted molar refractivity (Wildman–Crippen MR) is 59.7 cm³/mol. The van der Waals surface area contributed by atoms with Crippen LogP contribution in [0.5, 0.6) is 0 Å². The summed E-state index contributed by atoms with van der Waals surface area (Å²) < 4.78 is 0. The Morgan fingerprint density at radius 2 is 1.55 bits per heavy atom. The van der Waals surface area contributed by atoms with Crippen LogP contribution in [0.15, 0.2) is 0 Å². The Morgan fingerprint density at radius 3 is 1.64 bits per heavy atom. The third-order valence-electron chi connectivity index (χ3n) is 3.78. The average Bonchev–Trinajstić information content (AvgIpc) is 1.83. The third-order valence-corrected chi connectivity index (χ3v) is 10.5. The second-order valence-electron chi connectivity index (χ2n) is 5.28. The summed E-state index contributed by atoms with van der Waals surface area (Å²) in [6.07, 6.45) is 1.34. The molecular formula is C10H25P. The fraction of sp³-hybridized carbons (Fsp3) is 1.00. The van der Waals surface area contributed by atoms with Crippen LogP contribution in [0.2, 0.25) is 0 Å². The van der Waals surface area contributed by atoms with Gasteiger partial charge in [-0.3, -0.25) is 0 Å². The van der Waals surface area contributed by atoms with E-state index in [0.717, 1.165) is 5.66 Å². The summed E-state index contributed by atoms with van der Waals surface area (Å²) in [4.78, 5) is 0. The topological polar surface area (TPSA) is 0 Å². The molecule has 0 bridgehead atoms. The maximum atomic E-state index is 2.52. The molecule has 0 N–H and O–H groups in total. The van der Waals surface area contributed by atoms with Crippen molar-refractivity contribution in [1.29, 1.82) is 0 Å². The molecule has 0 heterocycles. The van der Waals surface area contributed by atoms with Gasteiger partial charge in [0.05, 0.1) is 0 Å². The molecule has 0 spiro atoms. The Balaban J connectivity index is 4.45. The SMILES string of the molecule is CCC(C)[PH](C)(C)C(C)(C)C. The molecule has 0 rings (SSSR count). The summed E-state index contributed by atoms with van der Waals surface area (Å²) in [6, 6.07) is 0. The molecule has 0 saturated heterocycles. The van der Waals surface area contributed by atoms with Crippen molar-refractivity contribution < 1.29 is 0 Å². The van der Waals surface area contributed by atoms with E-state index in [4.69, 9.17) is 0 Å². The molecule has 0 aliphatic carbocycles. The minimum absolute atomic E-state index is 0.558. The molecule has 0 aliphatic heterocycles. The van der Waals surface area contributed by atoms with E-state index in [9.17, 15) is 0 Å². The Labute approximate surface area is 73.1 Å². The maximum absolute atomic E-state index is 2.52. The van der Waals surface area contributed by atoms with Crippen molar-refractivity contribution in [3.05, 3.63) is 0 Å². The van der Waals surface area contributed by atoms with Gasteiger partial charge in [0.25, 0.3) is 0 Å². The van der Waals surface area contributed by atoms with Crippen LogP contribution in [0.4, 0.5) is 0 Å². The van der Waals surface area contributed by atoms with Crippen molar-refractivity contribution >= 4 is 7.26 Å². The Bertz CT molecular complexity index is 119. The zero-order valence-electron chi connectivity index (χ0n) is 9.28. The first kappa shape index (κ1) is 11.4. The summed E-state index contributed by atoms with van der Waals surface area (Å²) in [5, 5.41) is 0.558. The van der Waals surface area contributed by atoms with E-state index in [1.165, 1.54) is 6.42 Å². The van der Waals surface area contributed by atoms with Crippen LogP contribution in [0.3, 0.4) is 0 Å². The van der Waals surface area contributed by atoms with Gasteiger partial charge in [-0.05, 0) is 0 Å². The summed E-state index contributed by atoms with van der Waals surface area (Å²) in [7, 11) is -1.01. The van der Waals surface area contributed by atoms with Gasteiger partial charge in [-0.25, -0.2) is 0 Å². The summed E-state index contributed by atoms with van der Waals surface area (Å²) in [5.41, 5.74) is 0.947. The van der Waals surface area contributed by atoms with Crippen LogP contribution in [0.1, 0.15) is 41.0 Å². The number of hydrogen-bond donors (Lipinski definition) is 0. The Hall–Kier alpha value is 0.430. The van der Waals surface area contributed by atoms with Gasteiger partial charge in [-0.2, -0.15) is 0 Å². The zero-order valence-corrected chi connectivity index (χ0v) is 10.3. The Kier molecular flexibility index (Phi) is 3.57.